The number of nitrogens with one attached hydrogen (secondary N) is 2. The standard InChI is InChI=1S/C15H19N5/c16-20-15(18-12-7-1-2-8-12)19-13-9-3-5-11-6-4-10-17-14(11)13/h3-6,9-10,12H,1-2,7-8,16H2,(H2,18,19,20). The van der Waals surface area contributed by atoms with Crippen LogP contribution in [0.3, 0.4) is 0 Å². The van der Waals surface area contributed by atoms with Crippen molar-refractivity contribution in [2.24, 2.45) is 10.8 Å². The van der Waals surface area contributed by atoms with Gasteiger partial charge in [0.1, 0.15) is 0 Å². The number of aliphatic imine (C=N–C) groups is 1. The minimum absolute atomic E-state index is 0.372. The van der Waals surface area contributed by atoms with Crippen LogP contribution in [-0.4, -0.2) is 17.0 Å². The topological polar surface area (TPSA) is 75.3 Å². The van der Waals surface area contributed by atoms with Crippen LogP contribution in [-0.2, 0) is 0 Å². The lowest BCUT2D eigenvalue weighted by Crippen LogP contribution is -2.37. The fourth-order valence-electron chi connectivity index (χ4n) is 2.65. The molecule has 0 saturated heterocycles. The molecule has 1 aliphatic rings. The molecule has 5 heteroatoms. The largest absolute Gasteiger partial charge is 0.323 e. The van der Waals surface area contributed by atoms with Crippen molar-refractivity contribution in [2.75, 3.05) is 5.32 Å². The van der Waals surface area contributed by atoms with Crippen molar-refractivity contribution in [3.63, 3.8) is 0 Å². The van der Waals surface area contributed by atoms with Gasteiger partial charge in [-0.1, -0.05) is 31.0 Å². The number of nitrogens with zero attached hydrogens (tertiary/aromatic N) is 2. The minimum atomic E-state index is 0.372. The molecule has 0 aliphatic heterocycles. The van der Waals surface area contributed by atoms with E-state index in [4.69, 9.17) is 5.84 Å². The molecule has 4 N–H and O–H groups in total. The Bertz CT molecular complexity index is 611. The highest BCUT2D eigenvalue weighted by Gasteiger charge is 2.15. The van der Waals surface area contributed by atoms with Gasteiger partial charge in [0.25, 0.3) is 0 Å². The maximum atomic E-state index is 5.58. The van der Waals surface area contributed by atoms with E-state index in [0.717, 1.165) is 29.4 Å². The third-order valence-corrected chi connectivity index (χ3v) is 3.66. The zero-order chi connectivity index (χ0) is 13.8. The molecule has 1 aliphatic carbocycles. The fourth-order valence-corrected chi connectivity index (χ4v) is 2.65. The van der Waals surface area contributed by atoms with Crippen molar-refractivity contribution >= 4 is 22.5 Å². The van der Waals surface area contributed by atoms with Gasteiger partial charge in [0.05, 0.1) is 17.2 Å². The van der Waals surface area contributed by atoms with Crippen molar-refractivity contribution in [1.29, 1.82) is 0 Å². The van der Waals surface area contributed by atoms with Gasteiger partial charge >= 0.3 is 0 Å². The van der Waals surface area contributed by atoms with Crippen molar-refractivity contribution in [2.45, 2.75) is 31.7 Å². The van der Waals surface area contributed by atoms with Gasteiger partial charge in [0.2, 0.25) is 5.96 Å². The van der Waals surface area contributed by atoms with E-state index in [0.29, 0.717) is 12.0 Å². The maximum Gasteiger partial charge on any atom is 0.210 e. The Morgan fingerprint density at radius 2 is 2.00 bits per heavy atom. The number of hydrazine groups is 1. The summed E-state index contributed by atoms with van der Waals surface area (Å²) < 4.78 is 0. The number of fused-ring (bicyclic) bond motifs is 1. The molecule has 5 nitrogen and oxygen atoms in total. The first-order chi connectivity index (χ1) is 9.86. The molecular weight excluding hydrogens is 250 g/mol. The van der Waals surface area contributed by atoms with E-state index in [9.17, 15) is 0 Å². The average molecular weight is 269 g/mol. The maximum absolute atomic E-state index is 5.58. The van der Waals surface area contributed by atoms with Crippen LogP contribution in [0.15, 0.2) is 41.5 Å². The monoisotopic (exact) mass is 269 g/mol. The number of para-hydroxylation sites is 1. The fraction of sp³-hybridized carbons (Fsp3) is 0.333. The molecule has 1 fully saturated rings. The van der Waals surface area contributed by atoms with Gasteiger partial charge in [-0.15, -0.1) is 0 Å². The third-order valence-electron chi connectivity index (χ3n) is 3.66. The Morgan fingerprint density at radius 3 is 2.80 bits per heavy atom. The first-order valence-electron chi connectivity index (χ1n) is 7.02. The Hall–Kier alpha value is -2.14. The molecule has 1 aromatic heterocycles. The van der Waals surface area contributed by atoms with Gasteiger partial charge < -0.3 is 5.32 Å². The number of benzene rings is 1. The summed E-state index contributed by atoms with van der Waals surface area (Å²) in [7, 11) is 0. The molecule has 1 saturated carbocycles. The highest BCUT2D eigenvalue weighted by atomic mass is 15.3. The van der Waals surface area contributed by atoms with E-state index >= 15 is 0 Å². The molecule has 0 radical (unpaired) electrons. The molecule has 104 valence electrons. The number of nitrogens with two attached hydrogens (primary N) is 1. The molecule has 0 amide bonds. The van der Waals surface area contributed by atoms with Gasteiger partial charge in [-0.2, -0.15) is 0 Å². The number of rotatable bonds is 2. The zero-order valence-electron chi connectivity index (χ0n) is 11.3. The Labute approximate surface area is 118 Å². The molecule has 0 unspecified atom stereocenters. The van der Waals surface area contributed by atoms with Crippen LogP contribution in [0, 0.1) is 0 Å². The highest BCUT2D eigenvalue weighted by Crippen LogP contribution is 2.22. The normalized spacial score (nSPS) is 16.6. The highest BCUT2D eigenvalue weighted by molar-refractivity contribution is 6.01. The number of pyridine rings is 1. The van der Waals surface area contributed by atoms with Crippen molar-refractivity contribution < 1.29 is 0 Å². The van der Waals surface area contributed by atoms with E-state index in [-0.39, 0.29) is 0 Å². The van der Waals surface area contributed by atoms with E-state index in [1.807, 2.05) is 30.3 Å². The second kappa shape index (κ2) is 5.88. The molecule has 0 bridgehead atoms. The first-order valence-corrected chi connectivity index (χ1v) is 7.02. The Balaban J connectivity index is 1.87. The summed E-state index contributed by atoms with van der Waals surface area (Å²) in [5.41, 5.74) is 4.49. The number of aromatic nitrogens is 1. The second-order valence-electron chi connectivity index (χ2n) is 5.07. The van der Waals surface area contributed by atoms with Crippen molar-refractivity contribution in [3.8, 4) is 0 Å². The van der Waals surface area contributed by atoms with Crippen LogP contribution in [0.1, 0.15) is 25.7 Å². The SMILES string of the molecule is NNC(=NC1CCCC1)Nc1cccc2cccnc12. The summed E-state index contributed by atoms with van der Waals surface area (Å²) in [6.07, 6.45) is 6.57. The van der Waals surface area contributed by atoms with Gasteiger partial charge in [-0.25, -0.2) is 10.8 Å². The molecule has 3 rings (SSSR count). The van der Waals surface area contributed by atoms with Gasteiger partial charge in [-0.05, 0) is 25.0 Å². The van der Waals surface area contributed by atoms with Gasteiger partial charge in [0, 0.05) is 11.6 Å². The number of guanidine groups is 1. The lowest BCUT2D eigenvalue weighted by atomic mass is 10.2. The third kappa shape index (κ3) is 2.72. The molecular formula is C15H19N5. The molecule has 0 atom stereocenters. The molecule has 1 heterocycles. The van der Waals surface area contributed by atoms with Crippen LogP contribution in [0.4, 0.5) is 5.69 Å². The van der Waals surface area contributed by atoms with Crippen LogP contribution in [0.25, 0.3) is 10.9 Å². The Morgan fingerprint density at radius 1 is 1.20 bits per heavy atom. The van der Waals surface area contributed by atoms with Crippen LogP contribution < -0.4 is 16.6 Å². The predicted molar refractivity (Wildman–Crippen MR) is 82.4 cm³/mol. The summed E-state index contributed by atoms with van der Waals surface area (Å²) in [5, 5.41) is 4.34. The predicted octanol–water partition coefficient (Wildman–Crippen LogP) is 2.41. The van der Waals surface area contributed by atoms with Crippen LogP contribution in [0.5, 0.6) is 0 Å². The first kappa shape index (κ1) is 12.9. The smallest absolute Gasteiger partial charge is 0.210 e. The van der Waals surface area contributed by atoms with Crippen LogP contribution >= 0.6 is 0 Å². The lowest BCUT2D eigenvalue weighted by Gasteiger charge is -2.13. The van der Waals surface area contributed by atoms with Crippen LogP contribution in [0.2, 0.25) is 0 Å². The average Bonchev–Trinajstić information content (AvgIpc) is 3.00. The number of hydrogen-bond donors (Lipinski definition) is 3. The van der Waals surface area contributed by atoms with Gasteiger partial charge in [0.15, 0.2) is 0 Å². The summed E-state index contributed by atoms with van der Waals surface area (Å²) in [5.74, 6) is 6.19. The summed E-state index contributed by atoms with van der Waals surface area (Å²) in [6.45, 7) is 0. The molecule has 1 aromatic carbocycles. The minimum Gasteiger partial charge on any atom is -0.323 e. The molecule has 0 spiro atoms. The van der Waals surface area contributed by atoms with E-state index in [1.165, 1.54) is 12.8 Å². The van der Waals surface area contributed by atoms with E-state index in [1.54, 1.807) is 6.20 Å². The van der Waals surface area contributed by atoms with Gasteiger partial charge in [-0.3, -0.25) is 10.4 Å². The zero-order valence-corrected chi connectivity index (χ0v) is 11.3. The molecule has 2 aromatic rings. The molecule has 20 heavy (non-hydrogen) atoms. The number of hydrogen-bond acceptors (Lipinski definition) is 3. The number of anilines is 1. The quantitative estimate of drug-likeness (QED) is 0.339. The van der Waals surface area contributed by atoms with E-state index < -0.39 is 0 Å². The second-order valence-corrected chi connectivity index (χ2v) is 5.07. The lowest BCUT2D eigenvalue weighted by molar-refractivity contribution is 0.700. The van der Waals surface area contributed by atoms with E-state index in [2.05, 4.69) is 20.7 Å². The summed E-state index contributed by atoms with van der Waals surface area (Å²) in [4.78, 5) is 9.05. The van der Waals surface area contributed by atoms with Crippen molar-refractivity contribution in [1.82, 2.24) is 10.4 Å². The summed E-state index contributed by atoms with van der Waals surface area (Å²) >= 11 is 0. The Kier molecular flexibility index (Phi) is 3.78. The van der Waals surface area contributed by atoms with Crippen molar-refractivity contribution in [3.05, 3.63) is 36.5 Å². The summed E-state index contributed by atoms with van der Waals surface area (Å²) in [6, 6.07) is 10.4.